The van der Waals surface area contributed by atoms with Gasteiger partial charge >= 0.3 is 0 Å². The number of benzene rings is 2. The first-order valence-corrected chi connectivity index (χ1v) is 6.72. The number of nitrogens with one attached hydrogen (secondary N) is 1. The molecule has 0 amide bonds. The Balaban J connectivity index is 1.80. The number of hydrogen-bond donors (Lipinski definition) is 1. The minimum absolute atomic E-state index is 0.910. The summed E-state index contributed by atoms with van der Waals surface area (Å²) in [5, 5.41) is 3.48. The predicted molar refractivity (Wildman–Crippen MR) is 81.0 cm³/mol. The molecule has 2 aromatic rings. The van der Waals surface area contributed by atoms with Crippen molar-refractivity contribution in [1.29, 1.82) is 0 Å². The van der Waals surface area contributed by atoms with Crippen LogP contribution in [-0.4, -0.2) is 13.7 Å². The Morgan fingerprint density at radius 1 is 1.05 bits per heavy atom. The topological polar surface area (TPSA) is 21.3 Å². The van der Waals surface area contributed by atoms with Gasteiger partial charge in [0, 0.05) is 12.2 Å². The molecule has 19 heavy (non-hydrogen) atoms. The zero-order valence-corrected chi connectivity index (χ0v) is 11.6. The van der Waals surface area contributed by atoms with Crippen molar-refractivity contribution in [2.75, 3.05) is 19.0 Å². The molecule has 0 aliphatic rings. The Bertz CT molecular complexity index is 508. The van der Waals surface area contributed by atoms with Crippen molar-refractivity contribution in [1.82, 2.24) is 0 Å². The summed E-state index contributed by atoms with van der Waals surface area (Å²) in [5.74, 6) is 0.910. The fraction of sp³-hybridized carbons (Fsp3) is 0.294. The van der Waals surface area contributed by atoms with Crippen LogP contribution in [0.4, 0.5) is 5.69 Å². The molecule has 0 aliphatic heterocycles. The van der Waals surface area contributed by atoms with Gasteiger partial charge in [-0.05, 0) is 49.1 Å². The van der Waals surface area contributed by atoms with Gasteiger partial charge in [0.05, 0.1) is 7.11 Å². The van der Waals surface area contributed by atoms with Crippen LogP contribution in [-0.2, 0) is 6.42 Å². The van der Waals surface area contributed by atoms with Gasteiger partial charge in [0.25, 0.3) is 0 Å². The number of methoxy groups -OCH3 is 1. The molecule has 0 fully saturated rings. The molecule has 0 unspecified atom stereocenters. The SMILES string of the molecule is COc1ccc(NCCCc2ccccc2)c(C)c1. The average molecular weight is 255 g/mol. The van der Waals surface area contributed by atoms with E-state index < -0.39 is 0 Å². The summed E-state index contributed by atoms with van der Waals surface area (Å²) >= 11 is 0. The molecule has 0 saturated heterocycles. The third-order valence-corrected chi connectivity index (χ3v) is 3.23. The van der Waals surface area contributed by atoms with E-state index in [0.29, 0.717) is 0 Å². The Hall–Kier alpha value is -1.96. The van der Waals surface area contributed by atoms with Crippen molar-refractivity contribution in [3.05, 3.63) is 59.7 Å². The Labute approximate surface area is 115 Å². The van der Waals surface area contributed by atoms with Gasteiger partial charge in [0.15, 0.2) is 0 Å². The van der Waals surface area contributed by atoms with Crippen LogP contribution < -0.4 is 10.1 Å². The number of anilines is 1. The highest BCUT2D eigenvalue weighted by molar-refractivity contribution is 5.53. The Morgan fingerprint density at radius 3 is 2.53 bits per heavy atom. The Morgan fingerprint density at radius 2 is 1.84 bits per heavy atom. The van der Waals surface area contributed by atoms with E-state index in [1.807, 2.05) is 6.07 Å². The minimum Gasteiger partial charge on any atom is -0.497 e. The average Bonchev–Trinajstić information content (AvgIpc) is 2.46. The zero-order chi connectivity index (χ0) is 13.5. The van der Waals surface area contributed by atoms with Crippen LogP contribution in [0.25, 0.3) is 0 Å². The summed E-state index contributed by atoms with van der Waals surface area (Å²) in [7, 11) is 1.70. The van der Waals surface area contributed by atoms with Crippen molar-refractivity contribution in [3.8, 4) is 5.75 Å². The molecular formula is C17H21NO. The van der Waals surface area contributed by atoms with Crippen molar-refractivity contribution in [2.45, 2.75) is 19.8 Å². The number of ether oxygens (including phenoxy) is 1. The molecule has 100 valence electrons. The van der Waals surface area contributed by atoms with Gasteiger partial charge in [-0.25, -0.2) is 0 Å². The van der Waals surface area contributed by atoms with Crippen LogP contribution in [0.5, 0.6) is 5.75 Å². The summed E-state index contributed by atoms with van der Waals surface area (Å²) in [4.78, 5) is 0. The molecule has 2 aromatic carbocycles. The molecule has 0 heterocycles. The van der Waals surface area contributed by atoms with Crippen LogP contribution >= 0.6 is 0 Å². The molecule has 0 radical (unpaired) electrons. The van der Waals surface area contributed by atoms with E-state index in [-0.39, 0.29) is 0 Å². The van der Waals surface area contributed by atoms with Gasteiger partial charge in [0.1, 0.15) is 5.75 Å². The highest BCUT2D eigenvalue weighted by Gasteiger charge is 1.99. The maximum absolute atomic E-state index is 5.21. The molecule has 2 heteroatoms. The van der Waals surface area contributed by atoms with Gasteiger partial charge in [-0.15, -0.1) is 0 Å². The lowest BCUT2D eigenvalue weighted by molar-refractivity contribution is 0.414. The first-order valence-electron chi connectivity index (χ1n) is 6.72. The molecule has 0 aliphatic carbocycles. The van der Waals surface area contributed by atoms with Crippen LogP contribution in [0, 0.1) is 6.92 Å². The van der Waals surface area contributed by atoms with Crippen LogP contribution in [0.1, 0.15) is 17.5 Å². The van der Waals surface area contributed by atoms with E-state index >= 15 is 0 Å². The van der Waals surface area contributed by atoms with Gasteiger partial charge in [-0.2, -0.15) is 0 Å². The molecule has 0 bridgehead atoms. The molecule has 2 rings (SSSR count). The van der Waals surface area contributed by atoms with E-state index in [1.165, 1.54) is 16.8 Å². The lowest BCUT2D eigenvalue weighted by Crippen LogP contribution is -2.04. The maximum Gasteiger partial charge on any atom is 0.119 e. The summed E-state index contributed by atoms with van der Waals surface area (Å²) in [6.07, 6.45) is 2.25. The largest absolute Gasteiger partial charge is 0.497 e. The first kappa shape index (κ1) is 13.5. The fourth-order valence-electron chi connectivity index (χ4n) is 2.12. The monoisotopic (exact) mass is 255 g/mol. The van der Waals surface area contributed by atoms with E-state index in [9.17, 15) is 0 Å². The van der Waals surface area contributed by atoms with Crippen LogP contribution in [0.2, 0.25) is 0 Å². The predicted octanol–water partition coefficient (Wildman–Crippen LogP) is 4.05. The summed E-state index contributed by atoms with van der Waals surface area (Å²) in [6.45, 7) is 3.09. The number of aryl methyl sites for hydroxylation is 2. The van der Waals surface area contributed by atoms with E-state index in [4.69, 9.17) is 4.74 Å². The lowest BCUT2D eigenvalue weighted by Gasteiger charge is -2.10. The van der Waals surface area contributed by atoms with Crippen molar-refractivity contribution >= 4 is 5.69 Å². The second-order valence-electron chi connectivity index (χ2n) is 4.70. The summed E-state index contributed by atoms with van der Waals surface area (Å²) in [5.41, 5.74) is 3.81. The Kier molecular flexibility index (Phi) is 4.85. The highest BCUT2D eigenvalue weighted by Crippen LogP contribution is 2.20. The standard InChI is InChI=1S/C17H21NO/c1-14-13-16(19-2)10-11-17(14)18-12-6-9-15-7-4-3-5-8-15/h3-5,7-8,10-11,13,18H,6,9,12H2,1-2H3. The minimum atomic E-state index is 0.910. The molecule has 0 aromatic heterocycles. The van der Waals surface area contributed by atoms with Gasteiger partial charge in [-0.3, -0.25) is 0 Å². The third kappa shape index (κ3) is 4.02. The number of rotatable bonds is 6. The summed E-state index contributed by atoms with van der Waals surface area (Å²) in [6, 6.07) is 16.7. The first-order chi connectivity index (χ1) is 9.29. The molecule has 0 saturated carbocycles. The van der Waals surface area contributed by atoms with Crippen LogP contribution in [0.3, 0.4) is 0 Å². The van der Waals surface area contributed by atoms with Crippen molar-refractivity contribution in [3.63, 3.8) is 0 Å². The normalized spacial score (nSPS) is 10.2. The van der Waals surface area contributed by atoms with Gasteiger partial charge < -0.3 is 10.1 Å². The third-order valence-electron chi connectivity index (χ3n) is 3.23. The molecule has 2 nitrogen and oxygen atoms in total. The van der Waals surface area contributed by atoms with Crippen LogP contribution in [0.15, 0.2) is 48.5 Å². The van der Waals surface area contributed by atoms with E-state index in [2.05, 4.69) is 54.7 Å². The highest BCUT2D eigenvalue weighted by atomic mass is 16.5. The second kappa shape index (κ2) is 6.83. The quantitative estimate of drug-likeness (QED) is 0.786. The smallest absolute Gasteiger partial charge is 0.119 e. The second-order valence-corrected chi connectivity index (χ2v) is 4.70. The molecule has 1 N–H and O–H groups in total. The lowest BCUT2D eigenvalue weighted by atomic mass is 10.1. The van der Waals surface area contributed by atoms with Gasteiger partial charge in [0.2, 0.25) is 0 Å². The van der Waals surface area contributed by atoms with E-state index in [0.717, 1.165) is 25.1 Å². The van der Waals surface area contributed by atoms with Gasteiger partial charge in [-0.1, -0.05) is 30.3 Å². The maximum atomic E-state index is 5.21. The van der Waals surface area contributed by atoms with E-state index in [1.54, 1.807) is 7.11 Å². The zero-order valence-electron chi connectivity index (χ0n) is 11.6. The summed E-state index contributed by atoms with van der Waals surface area (Å²) < 4.78 is 5.21. The molecular weight excluding hydrogens is 234 g/mol. The fourth-order valence-corrected chi connectivity index (χ4v) is 2.12. The number of hydrogen-bond acceptors (Lipinski definition) is 2. The molecule has 0 spiro atoms. The molecule has 0 atom stereocenters. The van der Waals surface area contributed by atoms with Crippen molar-refractivity contribution in [2.24, 2.45) is 0 Å². The van der Waals surface area contributed by atoms with Crippen molar-refractivity contribution < 1.29 is 4.74 Å².